The summed E-state index contributed by atoms with van der Waals surface area (Å²) in [5, 5.41) is 3.33. The lowest BCUT2D eigenvalue weighted by Gasteiger charge is -2.24. The molecule has 0 atom stereocenters. The van der Waals surface area contributed by atoms with Crippen molar-refractivity contribution in [3.63, 3.8) is 0 Å². The predicted molar refractivity (Wildman–Crippen MR) is 89.2 cm³/mol. The molecule has 0 amide bonds. The third kappa shape index (κ3) is 5.61. The van der Waals surface area contributed by atoms with E-state index in [1.807, 2.05) is 12.2 Å². The van der Waals surface area contributed by atoms with E-state index < -0.39 is 0 Å². The highest BCUT2D eigenvalue weighted by atomic mass is 16.5. The number of anilines is 1. The van der Waals surface area contributed by atoms with Gasteiger partial charge in [0.15, 0.2) is 0 Å². The van der Waals surface area contributed by atoms with Gasteiger partial charge in [-0.2, -0.15) is 0 Å². The summed E-state index contributed by atoms with van der Waals surface area (Å²) in [6.07, 6.45) is 3.76. The van der Waals surface area contributed by atoms with E-state index in [4.69, 9.17) is 9.47 Å². The van der Waals surface area contributed by atoms with Crippen LogP contribution in [0.3, 0.4) is 0 Å². The van der Waals surface area contributed by atoms with E-state index in [0.29, 0.717) is 6.61 Å². The average Bonchev–Trinajstić information content (AvgIpc) is 2.51. The van der Waals surface area contributed by atoms with Gasteiger partial charge in [0, 0.05) is 33.3 Å². The van der Waals surface area contributed by atoms with Gasteiger partial charge in [-0.15, -0.1) is 13.2 Å². The molecule has 0 radical (unpaired) electrons. The second-order valence-electron chi connectivity index (χ2n) is 4.66. The first-order chi connectivity index (χ1) is 10.3. The SMILES string of the molecule is C=CCN(CC=C)c1ccc(CNCCOC)cc1OC. The maximum absolute atomic E-state index is 5.52. The smallest absolute Gasteiger partial charge is 0.142 e. The van der Waals surface area contributed by atoms with Crippen molar-refractivity contribution >= 4 is 5.69 Å². The Morgan fingerprint density at radius 1 is 1.19 bits per heavy atom. The molecule has 1 aromatic carbocycles. The Hall–Kier alpha value is -1.78. The van der Waals surface area contributed by atoms with Crippen LogP contribution in [0.4, 0.5) is 5.69 Å². The summed E-state index contributed by atoms with van der Waals surface area (Å²) in [6.45, 7) is 11.5. The topological polar surface area (TPSA) is 33.7 Å². The van der Waals surface area contributed by atoms with Crippen LogP contribution in [-0.2, 0) is 11.3 Å². The quantitative estimate of drug-likeness (QED) is 0.502. The second-order valence-corrected chi connectivity index (χ2v) is 4.66. The highest BCUT2D eigenvalue weighted by molar-refractivity contribution is 5.60. The Morgan fingerprint density at radius 3 is 2.48 bits per heavy atom. The maximum atomic E-state index is 5.52. The first-order valence-electron chi connectivity index (χ1n) is 7.10. The Kier molecular flexibility index (Phi) is 8.24. The van der Waals surface area contributed by atoms with E-state index >= 15 is 0 Å². The van der Waals surface area contributed by atoms with Crippen LogP contribution in [0.2, 0.25) is 0 Å². The van der Waals surface area contributed by atoms with Crippen LogP contribution in [-0.4, -0.2) is 40.5 Å². The first kappa shape index (κ1) is 17.3. The third-order valence-corrected chi connectivity index (χ3v) is 3.10. The number of benzene rings is 1. The van der Waals surface area contributed by atoms with E-state index in [0.717, 1.165) is 37.6 Å². The molecular weight excluding hydrogens is 264 g/mol. The van der Waals surface area contributed by atoms with Gasteiger partial charge in [-0.3, -0.25) is 0 Å². The third-order valence-electron chi connectivity index (χ3n) is 3.10. The van der Waals surface area contributed by atoms with Crippen molar-refractivity contribution in [2.75, 3.05) is 45.4 Å². The Morgan fingerprint density at radius 2 is 1.90 bits per heavy atom. The number of hydrogen-bond acceptors (Lipinski definition) is 4. The fraction of sp³-hybridized carbons (Fsp3) is 0.412. The normalized spacial score (nSPS) is 10.2. The zero-order chi connectivity index (χ0) is 15.5. The predicted octanol–water partition coefficient (Wildman–Crippen LogP) is 2.61. The van der Waals surface area contributed by atoms with Crippen LogP contribution in [0, 0.1) is 0 Å². The van der Waals surface area contributed by atoms with Crippen molar-refractivity contribution in [3.8, 4) is 5.75 Å². The summed E-state index contributed by atoms with van der Waals surface area (Å²) in [7, 11) is 3.40. The molecular formula is C17H26N2O2. The van der Waals surface area contributed by atoms with Crippen LogP contribution < -0.4 is 15.0 Å². The molecule has 0 aromatic heterocycles. The summed E-state index contributed by atoms with van der Waals surface area (Å²) in [5.74, 6) is 0.866. The van der Waals surface area contributed by atoms with Crippen molar-refractivity contribution in [2.24, 2.45) is 0 Å². The molecule has 0 heterocycles. The fourth-order valence-corrected chi connectivity index (χ4v) is 2.08. The standard InChI is InChI=1S/C17H26N2O2/c1-5-10-19(11-6-2)16-8-7-15(13-17(16)21-4)14-18-9-12-20-3/h5-8,13,18H,1-2,9-12,14H2,3-4H3. The molecule has 0 fully saturated rings. The minimum Gasteiger partial charge on any atom is -0.495 e. The lowest BCUT2D eigenvalue weighted by Crippen LogP contribution is -2.24. The molecule has 0 spiro atoms. The molecule has 0 aliphatic heterocycles. The Bertz CT molecular complexity index is 436. The van der Waals surface area contributed by atoms with Gasteiger partial charge < -0.3 is 19.7 Å². The molecule has 4 heteroatoms. The number of rotatable bonds is 11. The van der Waals surface area contributed by atoms with Gasteiger partial charge in [-0.25, -0.2) is 0 Å². The van der Waals surface area contributed by atoms with Crippen molar-refractivity contribution in [3.05, 3.63) is 49.1 Å². The lowest BCUT2D eigenvalue weighted by molar-refractivity contribution is 0.199. The summed E-state index contributed by atoms with van der Waals surface area (Å²) >= 11 is 0. The number of nitrogens with one attached hydrogen (secondary N) is 1. The monoisotopic (exact) mass is 290 g/mol. The molecule has 0 aliphatic carbocycles. The van der Waals surface area contributed by atoms with Crippen LogP contribution in [0.1, 0.15) is 5.56 Å². The highest BCUT2D eigenvalue weighted by Gasteiger charge is 2.10. The highest BCUT2D eigenvalue weighted by Crippen LogP contribution is 2.29. The average molecular weight is 290 g/mol. The number of ether oxygens (including phenoxy) is 2. The number of hydrogen-bond donors (Lipinski definition) is 1. The van der Waals surface area contributed by atoms with E-state index in [1.54, 1.807) is 14.2 Å². The first-order valence-corrected chi connectivity index (χ1v) is 7.10. The van der Waals surface area contributed by atoms with E-state index in [9.17, 15) is 0 Å². The zero-order valence-electron chi connectivity index (χ0n) is 13.1. The van der Waals surface area contributed by atoms with Gasteiger partial charge in [0.2, 0.25) is 0 Å². The largest absolute Gasteiger partial charge is 0.495 e. The molecule has 1 aromatic rings. The minimum atomic E-state index is 0.710. The van der Waals surface area contributed by atoms with E-state index in [-0.39, 0.29) is 0 Å². The molecule has 21 heavy (non-hydrogen) atoms. The van der Waals surface area contributed by atoms with Crippen LogP contribution >= 0.6 is 0 Å². The molecule has 0 aliphatic rings. The van der Waals surface area contributed by atoms with Gasteiger partial charge in [0.25, 0.3) is 0 Å². The minimum absolute atomic E-state index is 0.710. The van der Waals surface area contributed by atoms with Gasteiger partial charge in [0.05, 0.1) is 19.4 Å². The van der Waals surface area contributed by atoms with E-state index in [2.05, 4.69) is 41.6 Å². The van der Waals surface area contributed by atoms with E-state index in [1.165, 1.54) is 5.56 Å². The van der Waals surface area contributed by atoms with Gasteiger partial charge >= 0.3 is 0 Å². The number of nitrogens with zero attached hydrogens (tertiary/aromatic N) is 1. The maximum Gasteiger partial charge on any atom is 0.142 e. The molecule has 116 valence electrons. The van der Waals surface area contributed by atoms with Crippen LogP contribution in [0.25, 0.3) is 0 Å². The fourth-order valence-electron chi connectivity index (χ4n) is 2.08. The summed E-state index contributed by atoms with van der Waals surface area (Å²) in [4.78, 5) is 2.17. The van der Waals surface area contributed by atoms with Crippen molar-refractivity contribution in [1.29, 1.82) is 0 Å². The van der Waals surface area contributed by atoms with Gasteiger partial charge in [0.1, 0.15) is 5.75 Å². The molecule has 0 saturated heterocycles. The van der Waals surface area contributed by atoms with Gasteiger partial charge in [-0.05, 0) is 17.7 Å². The van der Waals surface area contributed by atoms with Crippen molar-refractivity contribution < 1.29 is 9.47 Å². The van der Waals surface area contributed by atoms with Crippen LogP contribution in [0.5, 0.6) is 5.75 Å². The summed E-state index contributed by atoms with van der Waals surface area (Å²) < 4.78 is 10.5. The molecule has 1 N–H and O–H groups in total. The molecule has 0 bridgehead atoms. The summed E-state index contributed by atoms with van der Waals surface area (Å²) in [5.41, 5.74) is 2.24. The molecule has 0 saturated carbocycles. The number of methoxy groups -OCH3 is 2. The van der Waals surface area contributed by atoms with Crippen molar-refractivity contribution in [2.45, 2.75) is 6.54 Å². The Balaban J connectivity index is 2.81. The lowest BCUT2D eigenvalue weighted by atomic mass is 10.1. The van der Waals surface area contributed by atoms with Gasteiger partial charge in [-0.1, -0.05) is 18.2 Å². The van der Waals surface area contributed by atoms with Crippen LogP contribution in [0.15, 0.2) is 43.5 Å². The Labute approximate surface area is 128 Å². The molecule has 1 rings (SSSR count). The zero-order valence-corrected chi connectivity index (χ0v) is 13.1. The molecule has 0 unspecified atom stereocenters. The summed E-state index contributed by atoms with van der Waals surface area (Å²) in [6, 6.07) is 6.25. The second kappa shape index (κ2) is 10.0. The molecule has 4 nitrogen and oxygen atoms in total. The van der Waals surface area contributed by atoms with Crippen molar-refractivity contribution in [1.82, 2.24) is 5.32 Å².